The zero-order valence-electron chi connectivity index (χ0n) is 12.0. The normalized spacial score (nSPS) is 11.5. The van der Waals surface area contributed by atoms with Crippen LogP contribution in [0.5, 0.6) is 5.88 Å². The largest absolute Gasteiger partial charge is 0.475 e. The molecule has 1 rings (SSSR count). The minimum atomic E-state index is -4.44. The minimum Gasteiger partial charge on any atom is -0.475 e. The Morgan fingerprint density at radius 3 is 2.48 bits per heavy atom. The summed E-state index contributed by atoms with van der Waals surface area (Å²) in [6, 6.07) is 1.82. The van der Waals surface area contributed by atoms with Gasteiger partial charge in [0.2, 0.25) is 5.88 Å². The van der Waals surface area contributed by atoms with Gasteiger partial charge in [-0.15, -0.1) is 0 Å². The van der Waals surface area contributed by atoms with Gasteiger partial charge < -0.3 is 19.5 Å². The summed E-state index contributed by atoms with van der Waals surface area (Å²) in [5.74, 6) is 0.0405. The molecule has 0 aromatic carbocycles. The lowest BCUT2D eigenvalue weighted by atomic mass is 10.2. The molecule has 1 heterocycles. The molecule has 1 N–H and O–H groups in total. The van der Waals surface area contributed by atoms with E-state index in [-0.39, 0.29) is 24.9 Å². The van der Waals surface area contributed by atoms with E-state index in [0.717, 1.165) is 12.1 Å². The first-order valence-electron chi connectivity index (χ1n) is 6.50. The van der Waals surface area contributed by atoms with Crippen LogP contribution in [0.1, 0.15) is 12.5 Å². The summed E-state index contributed by atoms with van der Waals surface area (Å²) in [6.07, 6.45) is -4.44. The second kappa shape index (κ2) is 8.68. The van der Waals surface area contributed by atoms with Crippen molar-refractivity contribution in [3.05, 3.63) is 17.7 Å². The van der Waals surface area contributed by atoms with Crippen molar-refractivity contribution >= 4 is 5.82 Å². The van der Waals surface area contributed by atoms with Gasteiger partial charge in [-0.2, -0.15) is 18.2 Å². The van der Waals surface area contributed by atoms with Crippen molar-refractivity contribution in [3.8, 4) is 5.88 Å². The number of ether oxygens (including phenoxy) is 3. The number of alkyl halides is 3. The Morgan fingerprint density at radius 2 is 1.86 bits per heavy atom. The molecule has 0 aliphatic carbocycles. The van der Waals surface area contributed by atoms with E-state index in [4.69, 9.17) is 14.2 Å². The van der Waals surface area contributed by atoms with Crippen LogP contribution in [0.15, 0.2) is 12.1 Å². The van der Waals surface area contributed by atoms with Gasteiger partial charge in [0.05, 0.1) is 25.4 Å². The molecular weight excluding hydrogens is 289 g/mol. The summed E-state index contributed by atoms with van der Waals surface area (Å²) in [5, 5.41) is 2.74. The van der Waals surface area contributed by atoms with E-state index in [2.05, 4.69) is 10.3 Å². The third kappa shape index (κ3) is 6.63. The first kappa shape index (κ1) is 17.5. The first-order chi connectivity index (χ1) is 9.97. The van der Waals surface area contributed by atoms with Gasteiger partial charge in [0.15, 0.2) is 0 Å². The van der Waals surface area contributed by atoms with Crippen LogP contribution in [0.3, 0.4) is 0 Å². The van der Waals surface area contributed by atoms with Crippen molar-refractivity contribution in [1.82, 2.24) is 4.98 Å². The lowest BCUT2D eigenvalue weighted by Crippen LogP contribution is -2.13. The molecule has 0 bridgehead atoms. The van der Waals surface area contributed by atoms with Gasteiger partial charge in [0.1, 0.15) is 12.4 Å². The first-order valence-corrected chi connectivity index (χ1v) is 6.50. The predicted octanol–water partition coefficient (Wildman–Crippen LogP) is 2.57. The van der Waals surface area contributed by atoms with Gasteiger partial charge in [-0.1, -0.05) is 0 Å². The Bertz CT molecular complexity index is 428. The molecule has 1 aromatic rings. The monoisotopic (exact) mass is 308 g/mol. The SMILES string of the molecule is CCNc1cc(C(F)(F)F)cc(OCCOCCOC)n1. The molecule has 5 nitrogen and oxygen atoms in total. The highest BCUT2D eigenvalue weighted by Gasteiger charge is 2.31. The van der Waals surface area contributed by atoms with Crippen molar-refractivity contribution in [1.29, 1.82) is 0 Å². The summed E-state index contributed by atoms with van der Waals surface area (Å²) < 4.78 is 53.4. The Morgan fingerprint density at radius 1 is 1.14 bits per heavy atom. The zero-order valence-corrected chi connectivity index (χ0v) is 12.0. The van der Waals surface area contributed by atoms with Crippen LogP contribution in [-0.2, 0) is 15.7 Å². The fourth-order valence-corrected chi connectivity index (χ4v) is 1.46. The van der Waals surface area contributed by atoms with Gasteiger partial charge in [-0.05, 0) is 13.0 Å². The predicted molar refractivity (Wildman–Crippen MR) is 71.6 cm³/mol. The van der Waals surface area contributed by atoms with Crippen molar-refractivity contribution in [2.24, 2.45) is 0 Å². The van der Waals surface area contributed by atoms with Gasteiger partial charge >= 0.3 is 6.18 Å². The van der Waals surface area contributed by atoms with Crippen LogP contribution >= 0.6 is 0 Å². The third-order valence-corrected chi connectivity index (χ3v) is 2.40. The van der Waals surface area contributed by atoms with Gasteiger partial charge in [0.25, 0.3) is 0 Å². The number of hydrogen-bond acceptors (Lipinski definition) is 5. The fraction of sp³-hybridized carbons (Fsp3) is 0.615. The fourth-order valence-electron chi connectivity index (χ4n) is 1.46. The maximum Gasteiger partial charge on any atom is 0.416 e. The molecule has 120 valence electrons. The highest BCUT2D eigenvalue weighted by Crippen LogP contribution is 2.32. The summed E-state index contributed by atoms with van der Waals surface area (Å²) in [6.45, 7) is 3.45. The molecule has 0 saturated carbocycles. The Hall–Kier alpha value is -1.54. The molecule has 8 heteroatoms. The van der Waals surface area contributed by atoms with Gasteiger partial charge in [0, 0.05) is 19.7 Å². The van der Waals surface area contributed by atoms with E-state index in [1.54, 1.807) is 14.0 Å². The molecule has 0 radical (unpaired) electrons. The smallest absolute Gasteiger partial charge is 0.416 e. The highest BCUT2D eigenvalue weighted by atomic mass is 19.4. The van der Waals surface area contributed by atoms with Gasteiger partial charge in [-0.3, -0.25) is 0 Å². The lowest BCUT2D eigenvalue weighted by Gasteiger charge is -2.12. The number of rotatable bonds is 9. The lowest BCUT2D eigenvalue weighted by molar-refractivity contribution is -0.137. The highest BCUT2D eigenvalue weighted by molar-refractivity contribution is 5.42. The van der Waals surface area contributed by atoms with Crippen molar-refractivity contribution in [3.63, 3.8) is 0 Å². The zero-order chi connectivity index (χ0) is 15.7. The molecule has 0 fully saturated rings. The van der Waals surface area contributed by atoms with Crippen LogP contribution in [0, 0.1) is 0 Å². The average Bonchev–Trinajstić information content (AvgIpc) is 2.42. The number of nitrogens with one attached hydrogen (secondary N) is 1. The summed E-state index contributed by atoms with van der Waals surface area (Å²) in [5.41, 5.74) is -0.802. The Kier molecular flexibility index (Phi) is 7.24. The summed E-state index contributed by atoms with van der Waals surface area (Å²) in [4.78, 5) is 3.96. The number of hydrogen-bond donors (Lipinski definition) is 1. The standard InChI is InChI=1S/C13H19F3N2O3/c1-3-17-11-8-10(13(14,15)16)9-12(18-11)21-7-6-20-5-4-19-2/h8-9H,3-7H2,1-2H3,(H,17,18). The molecule has 0 unspecified atom stereocenters. The van der Waals surface area contributed by atoms with Crippen LogP contribution in [-0.4, -0.2) is 45.1 Å². The summed E-state index contributed by atoms with van der Waals surface area (Å²) >= 11 is 0. The molecule has 0 aliphatic heterocycles. The van der Waals surface area contributed by atoms with Crippen molar-refractivity contribution in [2.45, 2.75) is 13.1 Å². The molecule has 0 spiro atoms. The molecule has 0 amide bonds. The number of nitrogens with zero attached hydrogens (tertiary/aromatic N) is 1. The van der Waals surface area contributed by atoms with E-state index in [1.165, 1.54) is 0 Å². The van der Waals surface area contributed by atoms with Gasteiger partial charge in [-0.25, -0.2) is 0 Å². The second-order valence-electron chi connectivity index (χ2n) is 4.06. The second-order valence-corrected chi connectivity index (χ2v) is 4.06. The third-order valence-electron chi connectivity index (χ3n) is 2.40. The van der Waals surface area contributed by atoms with Crippen molar-refractivity contribution in [2.75, 3.05) is 45.4 Å². The maximum atomic E-state index is 12.8. The number of anilines is 1. The maximum absolute atomic E-state index is 12.8. The van der Waals surface area contributed by atoms with Crippen LogP contribution in [0.4, 0.5) is 19.0 Å². The minimum absolute atomic E-state index is 0.0869. The van der Waals surface area contributed by atoms with Crippen LogP contribution < -0.4 is 10.1 Å². The van der Waals surface area contributed by atoms with E-state index in [0.29, 0.717) is 19.8 Å². The molecule has 0 atom stereocenters. The molecule has 0 aliphatic rings. The van der Waals surface area contributed by atoms with Crippen LogP contribution in [0.25, 0.3) is 0 Å². The number of methoxy groups -OCH3 is 1. The van der Waals surface area contributed by atoms with E-state index in [9.17, 15) is 13.2 Å². The quantitative estimate of drug-likeness (QED) is 0.711. The molecule has 1 aromatic heterocycles. The number of pyridine rings is 1. The van der Waals surface area contributed by atoms with E-state index >= 15 is 0 Å². The topological polar surface area (TPSA) is 52.6 Å². The Balaban J connectivity index is 2.61. The number of aromatic nitrogens is 1. The molecule has 21 heavy (non-hydrogen) atoms. The van der Waals surface area contributed by atoms with Crippen molar-refractivity contribution < 1.29 is 27.4 Å². The molecule has 0 saturated heterocycles. The van der Waals surface area contributed by atoms with Crippen LogP contribution in [0.2, 0.25) is 0 Å². The average molecular weight is 308 g/mol. The number of halogens is 3. The van der Waals surface area contributed by atoms with E-state index < -0.39 is 11.7 Å². The van der Waals surface area contributed by atoms with E-state index in [1.807, 2.05) is 0 Å². The summed E-state index contributed by atoms with van der Waals surface area (Å²) in [7, 11) is 1.55. The molecular formula is C13H19F3N2O3. The Labute approximate surface area is 121 Å².